The number of aryl methyl sites for hydroxylation is 1. The van der Waals surface area contributed by atoms with Gasteiger partial charge in [0, 0.05) is 0 Å². The van der Waals surface area contributed by atoms with Crippen LogP contribution in [0.1, 0.15) is 69.4 Å². The SMILES string of the molecule is C=CCOc1ccc([C@H]2CC[C@H](CC=CC)CC2)cc1CCC. The normalized spacial score (nSPS) is 21.5. The molecule has 0 heterocycles. The molecule has 0 aliphatic heterocycles. The summed E-state index contributed by atoms with van der Waals surface area (Å²) in [5.41, 5.74) is 2.88. The topological polar surface area (TPSA) is 9.23 Å². The molecule has 0 N–H and O–H groups in total. The average molecular weight is 312 g/mol. The Morgan fingerprint density at radius 1 is 1.22 bits per heavy atom. The van der Waals surface area contributed by atoms with Crippen LogP contribution in [-0.2, 0) is 6.42 Å². The minimum absolute atomic E-state index is 0.589. The third-order valence-corrected chi connectivity index (χ3v) is 4.98. The Balaban J connectivity index is 2.02. The molecule has 0 amide bonds. The van der Waals surface area contributed by atoms with Gasteiger partial charge in [0.1, 0.15) is 12.4 Å². The van der Waals surface area contributed by atoms with Crippen molar-refractivity contribution in [3.8, 4) is 5.75 Å². The molecule has 1 aromatic rings. The highest BCUT2D eigenvalue weighted by Crippen LogP contribution is 2.38. The molecule has 1 nitrogen and oxygen atoms in total. The molecule has 0 spiro atoms. The molecule has 0 atom stereocenters. The van der Waals surface area contributed by atoms with Crippen molar-refractivity contribution in [2.75, 3.05) is 6.61 Å². The third-order valence-electron chi connectivity index (χ3n) is 4.98. The molecule has 0 aromatic heterocycles. The lowest BCUT2D eigenvalue weighted by Gasteiger charge is -2.28. The summed E-state index contributed by atoms with van der Waals surface area (Å²) in [7, 11) is 0. The lowest BCUT2D eigenvalue weighted by atomic mass is 9.77. The number of benzene rings is 1. The zero-order valence-corrected chi connectivity index (χ0v) is 14.9. The zero-order chi connectivity index (χ0) is 16.5. The van der Waals surface area contributed by atoms with Gasteiger partial charge >= 0.3 is 0 Å². The van der Waals surface area contributed by atoms with E-state index in [1.165, 1.54) is 43.2 Å². The second-order valence-corrected chi connectivity index (χ2v) is 6.74. The number of rotatable bonds is 8. The van der Waals surface area contributed by atoms with Crippen LogP contribution in [0.3, 0.4) is 0 Å². The Morgan fingerprint density at radius 3 is 2.65 bits per heavy atom. The molecule has 2 rings (SSSR count). The summed E-state index contributed by atoms with van der Waals surface area (Å²) in [4.78, 5) is 0. The van der Waals surface area contributed by atoms with E-state index in [1.54, 1.807) is 0 Å². The van der Waals surface area contributed by atoms with Gasteiger partial charge in [-0.1, -0.05) is 50.3 Å². The van der Waals surface area contributed by atoms with Crippen LogP contribution in [0, 0.1) is 5.92 Å². The monoisotopic (exact) mass is 312 g/mol. The summed E-state index contributed by atoms with van der Waals surface area (Å²) in [6, 6.07) is 6.86. The summed E-state index contributed by atoms with van der Waals surface area (Å²) < 4.78 is 5.82. The maximum atomic E-state index is 5.82. The number of hydrogen-bond acceptors (Lipinski definition) is 1. The fourth-order valence-electron chi connectivity index (χ4n) is 3.67. The molecule has 1 aliphatic carbocycles. The van der Waals surface area contributed by atoms with Crippen LogP contribution in [0.25, 0.3) is 0 Å². The van der Waals surface area contributed by atoms with E-state index in [1.807, 2.05) is 6.08 Å². The fraction of sp³-hybridized carbons (Fsp3) is 0.545. The van der Waals surface area contributed by atoms with Gasteiger partial charge in [-0.25, -0.2) is 0 Å². The van der Waals surface area contributed by atoms with Crippen molar-refractivity contribution >= 4 is 0 Å². The quantitative estimate of drug-likeness (QED) is 0.502. The average Bonchev–Trinajstić information content (AvgIpc) is 2.59. The van der Waals surface area contributed by atoms with Crippen molar-refractivity contribution in [2.45, 2.75) is 64.7 Å². The predicted octanol–water partition coefficient (Wildman–Crippen LogP) is 6.44. The van der Waals surface area contributed by atoms with Crippen LogP contribution < -0.4 is 4.74 Å². The van der Waals surface area contributed by atoms with E-state index in [0.29, 0.717) is 6.61 Å². The first-order valence-electron chi connectivity index (χ1n) is 9.26. The van der Waals surface area contributed by atoms with Gasteiger partial charge in [0.25, 0.3) is 0 Å². The van der Waals surface area contributed by atoms with Crippen molar-refractivity contribution in [2.24, 2.45) is 5.92 Å². The van der Waals surface area contributed by atoms with Crippen LogP contribution in [-0.4, -0.2) is 6.61 Å². The summed E-state index contributed by atoms with van der Waals surface area (Å²) in [6.45, 7) is 8.68. The van der Waals surface area contributed by atoms with Crippen LogP contribution in [0.5, 0.6) is 5.75 Å². The van der Waals surface area contributed by atoms with Crippen LogP contribution in [0.15, 0.2) is 43.0 Å². The van der Waals surface area contributed by atoms with Crippen LogP contribution in [0.4, 0.5) is 0 Å². The van der Waals surface area contributed by atoms with Crippen LogP contribution >= 0.6 is 0 Å². The third kappa shape index (κ3) is 5.27. The van der Waals surface area contributed by atoms with Gasteiger partial charge in [0.05, 0.1) is 0 Å². The van der Waals surface area contributed by atoms with Gasteiger partial charge in [-0.05, 0) is 74.5 Å². The highest BCUT2D eigenvalue weighted by atomic mass is 16.5. The largest absolute Gasteiger partial charge is 0.489 e. The van der Waals surface area contributed by atoms with E-state index in [2.05, 4.69) is 50.8 Å². The first kappa shape index (κ1) is 17.8. The van der Waals surface area contributed by atoms with Crippen LogP contribution in [0.2, 0.25) is 0 Å². The van der Waals surface area contributed by atoms with Gasteiger partial charge in [0.15, 0.2) is 0 Å². The van der Waals surface area contributed by atoms with Gasteiger partial charge in [-0.2, -0.15) is 0 Å². The second-order valence-electron chi connectivity index (χ2n) is 6.74. The standard InChI is InChI=1S/C22H32O/c1-4-7-9-18-10-12-19(13-11-18)20-14-15-22(23-16-6-3)21(17-20)8-5-2/h4,6-7,14-15,17-19H,3,5,8-13,16H2,1-2H3/t18-,19-. The van der Waals surface area contributed by atoms with Crippen molar-refractivity contribution in [3.05, 3.63) is 54.1 Å². The highest BCUT2D eigenvalue weighted by molar-refractivity contribution is 5.39. The fourth-order valence-corrected chi connectivity index (χ4v) is 3.67. The van der Waals surface area contributed by atoms with E-state index in [9.17, 15) is 0 Å². The summed E-state index contributed by atoms with van der Waals surface area (Å²) in [5, 5.41) is 0. The van der Waals surface area contributed by atoms with Crippen molar-refractivity contribution in [3.63, 3.8) is 0 Å². The molecule has 1 heteroatoms. The van der Waals surface area contributed by atoms with Gasteiger partial charge in [-0.3, -0.25) is 0 Å². The smallest absolute Gasteiger partial charge is 0.122 e. The van der Waals surface area contributed by atoms with E-state index >= 15 is 0 Å². The van der Waals surface area contributed by atoms with Crippen molar-refractivity contribution in [1.82, 2.24) is 0 Å². The Hall–Kier alpha value is -1.50. The van der Waals surface area contributed by atoms with Gasteiger partial charge in [0.2, 0.25) is 0 Å². The highest BCUT2D eigenvalue weighted by Gasteiger charge is 2.22. The molecule has 0 radical (unpaired) electrons. The molecule has 0 bridgehead atoms. The molecule has 0 unspecified atom stereocenters. The Bertz CT molecular complexity index is 507. The number of hydrogen-bond donors (Lipinski definition) is 0. The van der Waals surface area contributed by atoms with Crippen molar-refractivity contribution < 1.29 is 4.74 Å². The van der Waals surface area contributed by atoms with E-state index in [-0.39, 0.29) is 0 Å². The summed E-state index contributed by atoms with van der Waals surface area (Å²) in [6.07, 6.45) is 15.2. The minimum atomic E-state index is 0.589. The van der Waals surface area contributed by atoms with Gasteiger partial charge in [-0.15, -0.1) is 0 Å². The first-order chi connectivity index (χ1) is 11.3. The minimum Gasteiger partial charge on any atom is -0.489 e. The molecule has 1 fully saturated rings. The van der Waals surface area contributed by atoms with E-state index in [4.69, 9.17) is 4.74 Å². The second kappa shape index (κ2) is 9.60. The van der Waals surface area contributed by atoms with Crippen molar-refractivity contribution in [1.29, 1.82) is 0 Å². The first-order valence-corrected chi connectivity index (χ1v) is 9.26. The molecular weight excluding hydrogens is 280 g/mol. The zero-order valence-electron chi connectivity index (χ0n) is 14.9. The van der Waals surface area contributed by atoms with Gasteiger partial charge < -0.3 is 4.74 Å². The Labute approximate surface area is 142 Å². The molecule has 126 valence electrons. The molecule has 1 aliphatic rings. The Morgan fingerprint density at radius 2 is 2.00 bits per heavy atom. The Kier molecular flexibility index (Phi) is 7.45. The summed E-state index contributed by atoms with van der Waals surface area (Å²) in [5.74, 6) is 2.67. The molecule has 0 saturated heterocycles. The lowest BCUT2D eigenvalue weighted by Crippen LogP contribution is -2.13. The molecular formula is C22H32O. The molecule has 1 aromatic carbocycles. The maximum absolute atomic E-state index is 5.82. The van der Waals surface area contributed by atoms with E-state index in [0.717, 1.165) is 30.4 Å². The molecule has 23 heavy (non-hydrogen) atoms. The maximum Gasteiger partial charge on any atom is 0.122 e. The van der Waals surface area contributed by atoms with E-state index < -0.39 is 0 Å². The predicted molar refractivity (Wildman–Crippen MR) is 100 cm³/mol. The summed E-state index contributed by atoms with van der Waals surface area (Å²) >= 11 is 0. The molecule has 1 saturated carbocycles. The lowest BCUT2D eigenvalue weighted by molar-refractivity contribution is 0.327. The number of ether oxygens (including phenoxy) is 1. The number of allylic oxidation sites excluding steroid dienone is 2.